The van der Waals surface area contributed by atoms with Crippen molar-refractivity contribution in [3.05, 3.63) is 41.0 Å². The van der Waals surface area contributed by atoms with Gasteiger partial charge in [0.25, 0.3) is 0 Å². The zero-order valence-electron chi connectivity index (χ0n) is 11.4. The maximum atomic E-state index is 6.03. The molecule has 1 aliphatic heterocycles. The Labute approximate surface area is 125 Å². The molecule has 2 aromatic heterocycles. The van der Waals surface area contributed by atoms with E-state index in [1.165, 1.54) is 0 Å². The lowest BCUT2D eigenvalue weighted by molar-refractivity contribution is 0.0854. The Bertz CT molecular complexity index is 831. The number of rotatable bonds is 1. The standard InChI is InChI=1S/C15H13N3O2S/c1-8-6-9-13(16)17-14(18-15(9)21-8)12-7-19-10-4-2-3-5-11(10)20-12/h2-6,12H,7H2,1H3,(H2,16,17,18). The first-order valence-electron chi connectivity index (χ1n) is 6.63. The maximum absolute atomic E-state index is 6.03. The van der Waals surface area contributed by atoms with Crippen molar-refractivity contribution in [2.75, 3.05) is 12.3 Å². The van der Waals surface area contributed by atoms with Crippen LogP contribution in [-0.4, -0.2) is 16.6 Å². The van der Waals surface area contributed by atoms with Crippen molar-refractivity contribution in [1.29, 1.82) is 0 Å². The first-order chi connectivity index (χ1) is 10.2. The van der Waals surface area contributed by atoms with Crippen molar-refractivity contribution >= 4 is 27.4 Å². The zero-order valence-corrected chi connectivity index (χ0v) is 12.2. The monoisotopic (exact) mass is 299 g/mol. The van der Waals surface area contributed by atoms with Gasteiger partial charge in [-0.2, -0.15) is 0 Å². The molecule has 4 rings (SSSR count). The minimum absolute atomic E-state index is 0.339. The van der Waals surface area contributed by atoms with Gasteiger partial charge in [-0.3, -0.25) is 0 Å². The predicted molar refractivity (Wildman–Crippen MR) is 81.9 cm³/mol. The number of nitrogens with two attached hydrogens (primary N) is 1. The fraction of sp³-hybridized carbons (Fsp3) is 0.200. The number of nitrogen functional groups attached to an aromatic ring is 1. The predicted octanol–water partition coefficient (Wildman–Crippen LogP) is 3.09. The molecule has 2 N–H and O–H groups in total. The number of thiophene rings is 1. The molecule has 6 heteroatoms. The molecule has 106 valence electrons. The Hall–Kier alpha value is -2.34. The molecule has 1 atom stereocenters. The van der Waals surface area contributed by atoms with Gasteiger partial charge in [0.2, 0.25) is 0 Å². The van der Waals surface area contributed by atoms with Crippen LogP contribution in [0.1, 0.15) is 16.8 Å². The van der Waals surface area contributed by atoms with Gasteiger partial charge < -0.3 is 15.2 Å². The van der Waals surface area contributed by atoms with E-state index in [1.807, 2.05) is 37.3 Å². The lowest BCUT2D eigenvalue weighted by Crippen LogP contribution is -2.23. The number of ether oxygens (including phenoxy) is 2. The SMILES string of the molecule is Cc1cc2c(N)nc(C3COc4ccccc4O3)nc2s1. The summed E-state index contributed by atoms with van der Waals surface area (Å²) in [6.45, 7) is 2.41. The lowest BCUT2D eigenvalue weighted by atomic mass is 10.2. The summed E-state index contributed by atoms with van der Waals surface area (Å²) in [4.78, 5) is 11.0. The number of hydrogen-bond donors (Lipinski definition) is 1. The van der Waals surface area contributed by atoms with Crippen LogP contribution in [0.4, 0.5) is 5.82 Å². The Morgan fingerprint density at radius 1 is 1.24 bits per heavy atom. The molecule has 0 bridgehead atoms. The summed E-state index contributed by atoms with van der Waals surface area (Å²) in [6, 6.07) is 9.58. The van der Waals surface area contributed by atoms with Gasteiger partial charge in [0.15, 0.2) is 23.4 Å². The minimum atomic E-state index is -0.339. The van der Waals surface area contributed by atoms with Crippen LogP contribution in [0.15, 0.2) is 30.3 Å². The Kier molecular flexibility index (Phi) is 2.71. The molecule has 1 aromatic carbocycles. The van der Waals surface area contributed by atoms with Gasteiger partial charge in [-0.1, -0.05) is 12.1 Å². The van der Waals surface area contributed by atoms with Crippen LogP contribution in [0.3, 0.4) is 0 Å². The van der Waals surface area contributed by atoms with E-state index in [1.54, 1.807) is 11.3 Å². The number of anilines is 1. The highest BCUT2D eigenvalue weighted by atomic mass is 32.1. The summed E-state index contributed by atoms with van der Waals surface area (Å²) in [5, 5.41) is 0.901. The molecule has 0 saturated carbocycles. The summed E-state index contributed by atoms with van der Waals surface area (Å²) < 4.78 is 11.6. The molecule has 0 fully saturated rings. The van der Waals surface area contributed by atoms with E-state index >= 15 is 0 Å². The summed E-state index contributed by atoms with van der Waals surface area (Å²) in [5.41, 5.74) is 6.03. The number of hydrogen-bond acceptors (Lipinski definition) is 6. The molecule has 0 amide bonds. The minimum Gasteiger partial charge on any atom is -0.485 e. The molecule has 0 radical (unpaired) electrons. The highest BCUT2D eigenvalue weighted by Crippen LogP contribution is 2.36. The average Bonchev–Trinajstić information content (AvgIpc) is 2.88. The van der Waals surface area contributed by atoms with Gasteiger partial charge in [0, 0.05) is 4.88 Å². The molecule has 1 unspecified atom stereocenters. The van der Waals surface area contributed by atoms with Crippen LogP contribution in [0.5, 0.6) is 11.5 Å². The molecule has 3 heterocycles. The summed E-state index contributed by atoms with van der Waals surface area (Å²) in [6.07, 6.45) is -0.339. The molecule has 0 saturated heterocycles. The first-order valence-corrected chi connectivity index (χ1v) is 7.44. The lowest BCUT2D eigenvalue weighted by Gasteiger charge is -2.25. The fourth-order valence-electron chi connectivity index (χ4n) is 2.37. The number of benzene rings is 1. The van der Waals surface area contributed by atoms with E-state index in [2.05, 4.69) is 9.97 Å². The molecule has 0 aliphatic carbocycles. The normalized spacial score (nSPS) is 17.1. The van der Waals surface area contributed by atoms with Crippen molar-refractivity contribution in [2.24, 2.45) is 0 Å². The highest BCUT2D eigenvalue weighted by Gasteiger charge is 2.25. The Morgan fingerprint density at radius 3 is 2.90 bits per heavy atom. The fourth-order valence-corrected chi connectivity index (χ4v) is 3.27. The molecule has 5 nitrogen and oxygen atoms in total. The van der Waals surface area contributed by atoms with Crippen molar-refractivity contribution < 1.29 is 9.47 Å². The van der Waals surface area contributed by atoms with Gasteiger partial charge >= 0.3 is 0 Å². The van der Waals surface area contributed by atoms with Crippen LogP contribution in [0, 0.1) is 6.92 Å². The number of para-hydroxylation sites is 2. The van der Waals surface area contributed by atoms with E-state index < -0.39 is 0 Å². The quantitative estimate of drug-likeness (QED) is 0.747. The first kappa shape index (κ1) is 12.4. The van der Waals surface area contributed by atoms with Crippen LogP contribution >= 0.6 is 11.3 Å². The number of nitrogens with zero attached hydrogens (tertiary/aromatic N) is 2. The zero-order chi connectivity index (χ0) is 14.4. The summed E-state index contributed by atoms with van der Waals surface area (Å²) >= 11 is 1.60. The molecule has 21 heavy (non-hydrogen) atoms. The van der Waals surface area contributed by atoms with Crippen LogP contribution in [0.2, 0.25) is 0 Å². The largest absolute Gasteiger partial charge is 0.485 e. The molecule has 0 spiro atoms. The second-order valence-corrected chi connectivity index (χ2v) is 6.14. The van der Waals surface area contributed by atoms with Gasteiger partial charge in [-0.25, -0.2) is 9.97 Å². The molecule has 1 aliphatic rings. The Balaban J connectivity index is 1.74. The molecular formula is C15H13N3O2S. The Morgan fingerprint density at radius 2 is 2.05 bits per heavy atom. The van der Waals surface area contributed by atoms with Crippen LogP contribution in [-0.2, 0) is 0 Å². The van der Waals surface area contributed by atoms with E-state index in [9.17, 15) is 0 Å². The highest BCUT2D eigenvalue weighted by molar-refractivity contribution is 7.18. The van der Waals surface area contributed by atoms with Crippen molar-refractivity contribution in [1.82, 2.24) is 9.97 Å². The average molecular weight is 299 g/mol. The van der Waals surface area contributed by atoms with Gasteiger partial charge in [-0.05, 0) is 25.1 Å². The van der Waals surface area contributed by atoms with Crippen LogP contribution in [0.25, 0.3) is 10.2 Å². The van der Waals surface area contributed by atoms with Crippen molar-refractivity contribution in [3.8, 4) is 11.5 Å². The topological polar surface area (TPSA) is 70.3 Å². The van der Waals surface area contributed by atoms with Crippen molar-refractivity contribution in [2.45, 2.75) is 13.0 Å². The van der Waals surface area contributed by atoms with E-state index in [-0.39, 0.29) is 6.10 Å². The van der Waals surface area contributed by atoms with Gasteiger partial charge in [0.05, 0.1) is 5.39 Å². The third-order valence-corrected chi connectivity index (χ3v) is 4.30. The van der Waals surface area contributed by atoms with E-state index in [0.717, 1.165) is 20.8 Å². The molecule has 3 aromatic rings. The van der Waals surface area contributed by atoms with Crippen molar-refractivity contribution in [3.63, 3.8) is 0 Å². The maximum Gasteiger partial charge on any atom is 0.192 e. The third-order valence-electron chi connectivity index (χ3n) is 3.36. The van der Waals surface area contributed by atoms with E-state index in [4.69, 9.17) is 15.2 Å². The second-order valence-electron chi connectivity index (χ2n) is 4.91. The number of aryl methyl sites for hydroxylation is 1. The van der Waals surface area contributed by atoms with Gasteiger partial charge in [-0.15, -0.1) is 11.3 Å². The summed E-state index contributed by atoms with van der Waals surface area (Å²) in [7, 11) is 0. The van der Waals surface area contributed by atoms with Crippen LogP contribution < -0.4 is 15.2 Å². The third kappa shape index (κ3) is 2.08. The number of aromatic nitrogens is 2. The summed E-state index contributed by atoms with van der Waals surface area (Å²) in [5.74, 6) is 2.51. The smallest absolute Gasteiger partial charge is 0.192 e. The number of fused-ring (bicyclic) bond motifs is 2. The van der Waals surface area contributed by atoms with E-state index in [0.29, 0.717) is 24.0 Å². The second kappa shape index (κ2) is 4.60. The molecular weight excluding hydrogens is 286 g/mol. The van der Waals surface area contributed by atoms with Gasteiger partial charge in [0.1, 0.15) is 17.3 Å².